The molecular weight excluding hydrogens is 223 g/mol. The fraction of sp³-hybridized carbons (Fsp3) is 0.625. The lowest BCUT2D eigenvalue weighted by molar-refractivity contribution is 0.715. The van der Waals surface area contributed by atoms with E-state index in [1.54, 1.807) is 5.30 Å². The number of hydrogen-bond donors (Lipinski definition) is 0. The van der Waals surface area contributed by atoms with Gasteiger partial charge in [0.15, 0.2) is 0 Å². The Balaban J connectivity index is 3.33. The van der Waals surface area contributed by atoms with Crippen LogP contribution in [-0.4, -0.2) is 10.3 Å². The minimum Gasteiger partial charge on any atom is -0.0643 e. The number of aryl methyl sites for hydroxylation is 2. The van der Waals surface area contributed by atoms with Gasteiger partial charge in [0.2, 0.25) is 0 Å². The van der Waals surface area contributed by atoms with Crippen molar-refractivity contribution in [3.05, 3.63) is 29.3 Å². The average Bonchev–Trinajstić information content (AvgIpc) is 1.93. The maximum Gasteiger partial charge on any atom is -0.0134 e. The van der Waals surface area contributed by atoms with Gasteiger partial charge in [0.25, 0.3) is 0 Å². The summed E-state index contributed by atoms with van der Waals surface area (Å²) in [5.74, 6) is 0. The van der Waals surface area contributed by atoms with Crippen LogP contribution in [-0.2, 0) is 0 Å². The first kappa shape index (κ1) is 14.7. The lowest BCUT2D eigenvalue weighted by atomic mass is 10.2. The van der Waals surface area contributed by atoms with E-state index in [1.807, 2.05) is 0 Å². The second kappa shape index (κ2) is 4.73. The molecule has 1 aromatic rings. The molecule has 0 saturated heterocycles. The molecule has 0 amide bonds. The summed E-state index contributed by atoms with van der Waals surface area (Å²) in [5.41, 5.74) is 2.78. The van der Waals surface area contributed by atoms with Gasteiger partial charge in [0.1, 0.15) is 0 Å². The van der Waals surface area contributed by atoms with E-state index in [0.717, 1.165) is 0 Å². The van der Waals surface area contributed by atoms with Crippen molar-refractivity contribution in [2.75, 3.05) is 0 Å². The van der Waals surface area contributed by atoms with Crippen LogP contribution in [0.1, 0.15) is 52.7 Å². The fourth-order valence-corrected chi connectivity index (χ4v) is 7.09. The normalized spacial score (nSPS) is 13.2. The third kappa shape index (κ3) is 3.81. The van der Waals surface area contributed by atoms with E-state index in [0.29, 0.717) is 10.3 Å². The second-order valence-electron chi connectivity index (χ2n) is 7.02. The molecule has 0 unspecified atom stereocenters. The van der Waals surface area contributed by atoms with Crippen LogP contribution in [0.4, 0.5) is 0 Å². The molecule has 0 saturated carbocycles. The number of rotatable bonds is 1. The summed E-state index contributed by atoms with van der Waals surface area (Å²) in [5, 5.41) is 2.26. The summed E-state index contributed by atoms with van der Waals surface area (Å²) in [6.07, 6.45) is 0. The SMILES string of the molecule is Cc1cc(C)cc(P(C(C)(C)C)C(C)(C)C)c1. The van der Waals surface area contributed by atoms with Gasteiger partial charge in [-0.05, 0) is 29.5 Å². The van der Waals surface area contributed by atoms with Gasteiger partial charge in [0.05, 0.1) is 0 Å². The molecule has 0 aliphatic heterocycles. The molecule has 17 heavy (non-hydrogen) atoms. The van der Waals surface area contributed by atoms with Gasteiger partial charge in [0, 0.05) is 0 Å². The molecule has 1 heteroatoms. The zero-order valence-corrected chi connectivity index (χ0v) is 13.6. The minimum absolute atomic E-state index is 0.170. The molecule has 0 aliphatic rings. The van der Waals surface area contributed by atoms with E-state index in [1.165, 1.54) is 11.1 Å². The maximum absolute atomic E-state index is 2.38. The number of hydrogen-bond acceptors (Lipinski definition) is 0. The van der Waals surface area contributed by atoms with Gasteiger partial charge in [-0.3, -0.25) is 0 Å². The Morgan fingerprint density at radius 2 is 1.06 bits per heavy atom. The molecule has 1 aromatic carbocycles. The topological polar surface area (TPSA) is 0 Å². The van der Waals surface area contributed by atoms with E-state index < -0.39 is 0 Å². The highest BCUT2D eigenvalue weighted by molar-refractivity contribution is 7.68. The first-order valence-corrected chi connectivity index (χ1v) is 7.74. The van der Waals surface area contributed by atoms with Crippen LogP contribution in [0.5, 0.6) is 0 Å². The molecule has 1 rings (SSSR count). The van der Waals surface area contributed by atoms with Crippen molar-refractivity contribution in [1.82, 2.24) is 0 Å². The molecule has 0 bridgehead atoms. The summed E-state index contributed by atoms with van der Waals surface area (Å²) < 4.78 is 0. The molecule has 0 N–H and O–H groups in total. The number of benzene rings is 1. The first-order valence-electron chi connectivity index (χ1n) is 6.40. The predicted octanol–water partition coefficient (Wildman–Crippen LogP) is 5.01. The van der Waals surface area contributed by atoms with Crippen molar-refractivity contribution in [1.29, 1.82) is 0 Å². The van der Waals surface area contributed by atoms with Crippen molar-refractivity contribution in [2.45, 2.75) is 65.7 Å². The monoisotopic (exact) mass is 250 g/mol. The van der Waals surface area contributed by atoms with Crippen LogP contribution in [0.2, 0.25) is 0 Å². The van der Waals surface area contributed by atoms with Gasteiger partial charge in [-0.2, -0.15) is 0 Å². The summed E-state index contributed by atoms with van der Waals surface area (Å²) in [7, 11) is -0.170. The quantitative estimate of drug-likeness (QED) is 0.615. The first-order chi connectivity index (χ1) is 7.51. The summed E-state index contributed by atoms with van der Waals surface area (Å²) in [6.45, 7) is 18.7. The van der Waals surface area contributed by atoms with Gasteiger partial charge in [-0.1, -0.05) is 78.8 Å². The van der Waals surface area contributed by atoms with Crippen LogP contribution < -0.4 is 5.30 Å². The van der Waals surface area contributed by atoms with Crippen LogP contribution in [0.25, 0.3) is 0 Å². The third-order valence-corrected chi connectivity index (χ3v) is 6.26. The van der Waals surface area contributed by atoms with Gasteiger partial charge in [-0.15, -0.1) is 0 Å². The summed E-state index contributed by atoms with van der Waals surface area (Å²) in [4.78, 5) is 0. The molecule has 0 atom stereocenters. The highest BCUT2D eigenvalue weighted by Crippen LogP contribution is 2.58. The highest BCUT2D eigenvalue weighted by Gasteiger charge is 2.35. The van der Waals surface area contributed by atoms with E-state index in [-0.39, 0.29) is 7.92 Å². The highest BCUT2D eigenvalue weighted by atomic mass is 31.1. The summed E-state index contributed by atoms with van der Waals surface area (Å²) in [6, 6.07) is 7.03. The fourth-order valence-electron chi connectivity index (χ4n) is 2.86. The average molecular weight is 250 g/mol. The Labute approximate surface area is 109 Å². The van der Waals surface area contributed by atoms with Gasteiger partial charge < -0.3 is 0 Å². The lowest BCUT2D eigenvalue weighted by Gasteiger charge is -2.42. The largest absolute Gasteiger partial charge is 0.0643 e. The van der Waals surface area contributed by atoms with E-state index in [4.69, 9.17) is 0 Å². The van der Waals surface area contributed by atoms with Crippen molar-refractivity contribution in [3.8, 4) is 0 Å². The smallest absolute Gasteiger partial charge is 0.0134 e. The molecule has 0 nitrogen and oxygen atoms in total. The molecule has 0 aliphatic carbocycles. The van der Waals surface area contributed by atoms with Crippen LogP contribution in [0.3, 0.4) is 0 Å². The van der Waals surface area contributed by atoms with E-state index in [9.17, 15) is 0 Å². The van der Waals surface area contributed by atoms with Gasteiger partial charge in [-0.25, -0.2) is 0 Å². The Morgan fingerprint density at radius 1 is 0.706 bits per heavy atom. The van der Waals surface area contributed by atoms with Crippen LogP contribution >= 0.6 is 7.92 Å². The molecule has 0 heterocycles. The molecule has 0 aromatic heterocycles. The third-order valence-electron chi connectivity index (χ3n) is 2.81. The Morgan fingerprint density at radius 3 is 1.35 bits per heavy atom. The van der Waals surface area contributed by atoms with E-state index >= 15 is 0 Å². The van der Waals surface area contributed by atoms with Crippen LogP contribution in [0.15, 0.2) is 18.2 Å². The molecule has 0 radical (unpaired) electrons. The zero-order valence-electron chi connectivity index (χ0n) is 12.7. The van der Waals surface area contributed by atoms with Crippen molar-refractivity contribution in [3.63, 3.8) is 0 Å². The van der Waals surface area contributed by atoms with Crippen molar-refractivity contribution in [2.24, 2.45) is 0 Å². The van der Waals surface area contributed by atoms with Gasteiger partial charge >= 0.3 is 0 Å². The summed E-state index contributed by atoms with van der Waals surface area (Å²) >= 11 is 0. The Kier molecular flexibility index (Phi) is 4.09. The lowest BCUT2D eigenvalue weighted by Crippen LogP contribution is -2.31. The van der Waals surface area contributed by atoms with Crippen LogP contribution in [0, 0.1) is 13.8 Å². The van der Waals surface area contributed by atoms with Crippen molar-refractivity contribution < 1.29 is 0 Å². The maximum atomic E-state index is 2.38. The Bertz CT molecular complexity index is 357. The zero-order chi connectivity index (χ0) is 13.4. The van der Waals surface area contributed by atoms with E-state index in [2.05, 4.69) is 73.6 Å². The molecule has 0 spiro atoms. The molecule has 0 fully saturated rings. The molecular formula is C16H27P. The molecule has 96 valence electrons. The predicted molar refractivity (Wildman–Crippen MR) is 82.0 cm³/mol. The standard InChI is InChI=1S/C16H27P/c1-12-9-13(2)11-14(10-12)17(15(3,4)5)16(6,7)8/h9-11H,1-8H3. The second-order valence-corrected chi connectivity index (χ2v) is 10.9. The minimum atomic E-state index is -0.170. The van der Waals surface area contributed by atoms with Crippen molar-refractivity contribution >= 4 is 13.2 Å². The Hall–Kier alpha value is -0.350.